The number of hydrogen-bond donors (Lipinski definition) is 0. The van der Waals surface area contributed by atoms with Gasteiger partial charge in [0.15, 0.2) is 0 Å². The van der Waals surface area contributed by atoms with Crippen LogP contribution in [0.15, 0.2) is 34.9 Å². The summed E-state index contributed by atoms with van der Waals surface area (Å²) in [5, 5.41) is 0. The molecule has 0 radical (unpaired) electrons. The highest BCUT2D eigenvalue weighted by molar-refractivity contribution is 8.03. The number of carbonyl (C=O) groups excluding carboxylic acids is 3. The zero-order valence-electron chi connectivity index (χ0n) is 13.0. The number of ether oxygens (including phenoxy) is 2. The number of carbonyl (C=O) groups is 3. The maximum atomic E-state index is 12.7. The molecule has 0 bridgehead atoms. The van der Waals surface area contributed by atoms with Gasteiger partial charge in [-0.25, -0.2) is 9.59 Å². The average molecular weight is 345 g/mol. The summed E-state index contributed by atoms with van der Waals surface area (Å²) in [6, 6.07) is 6.87. The van der Waals surface area contributed by atoms with Crippen LogP contribution >= 0.6 is 11.8 Å². The Labute approximate surface area is 142 Å². The van der Waals surface area contributed by atoms with Gasteiger partial charge >= 0.3 is 11.9 Å². The van der Waals surface area contributed by atoms with E-state index in [0.717, 1.165) is 10.7 Å². The zero-order valence-corrected chi connectivity index (χ0v) is 13.8. The lowest BCUT2D eigenvalue weighted by molar-refractivity contribution is -0.168. The Balaban J connectivity index is 1.59. The first-order valence-corrected chi connectivity index (χ1v) is 8.77. The summed E-state index contributed by atoms with van der Waals surface area (Å²) in [5.41, 5.74) is 1.24. The van der Waals surface area contributed by atoms with E-state index in [1.54, 1.807) is 36.0 Å². The minimum Gasteiger partial charge on any atom is -0.417 e. The predicted octanol–water partition coefficient (Wildman–Crippen LogP) is 2.37. The number of thioether (sulfide) groups is 1. The smallest absolute Gasteiger partial charge is 0.359 e. The van der Waals surface area contributed by atoms with E-state index in [0.29, 0.717) is 29.7 Å². The van der Waals surface area contributed by atoms with E-state index in [4.69, 9.17) is 9.47 Å². The van der Waals surface area contributed by atoms with Crippen LogP contribution < -0.4 is 0 Å². The van der Waals surface area contributed by atoms with Crippen LogP contribution in [-0.4, -0.2) is 34.5 Å². The second-order valence-electron chi connectivity index (χ2n) is 5.76. The molecule has 0 aromatic heterocycles. The van der Waals surface area contributed by atoms with Crippen molar-refractivity contribution in [1.29, 1.82) is 0 Å². The van der Waals surface area contributed by atoms with Crippen molar-refractivity contribution in [3.63, 3.8) is 0 Å². The fourth-order valence-electron chi connectivity index (χ4n) is 3.27. The van der Waals surface area contributed by atoms with Gasteiger partial charge in [0.25, 0.3) is 6.29 Å². The number of β-lactam (4-membered cyclic amide) rings is 1. The standard InChI is InChI=1S/C17H15NO5S/c1-2-24-12-7-9-8-13(19)18(9)14(12)16(21)23-17-11-6-4-3-5-10(11)15(20)22-17/h3-6,9,17H,2,7-8H2,1H3. The Morgan fingerprint density at radius 2 is 2.12 bits per heavy atom. The van der Waals surface area contributed by atoms with E-state index in [-0.39, 0.29) is 11.9 Å². The van der Waals surface area contributed by atoms with Crippen molar-refractivity contribution in [2.45, 2.75) is 32.1 Å². The lowest BCUT2D eigenvalue weighted by Gasteiger charge is -2.35. The summed E-state index contributed by atoms with van der Waals surface area (Å²) in [7, 11) is 0. The van der Waals surface area contributed by atoms with Gasteiger partial charge in [-0.05, 0) is 11.8 Å². The maximum Gasteiger partial charge on any atom is 0.359 e. The number of cyclic esters (lactones) is 1. The largest absolute Gasteiger partial charge is 0.417 e. The van der Waals surface area contributed by atoms with Crippen molar-refractivity contribution in [3.8, 4) is 0 Å². The molecule has 7 heteroatoms. The molecule has 2 atom stereocenters. The van der Waals surface area contributed by atoms with Crippen molar-refractivity contribution in [2.75, 3.05) is 5.75 Å². The lowest BCUT2D eigenvalue weighted by Crippen LogP contribution is -2.49. The van der Waals surface area contributed by atoms with Crippen LogP contribution in [0, 0.1) is 0 Å². The van der Waals surface area contributed by atoms with E-state index in [9.17, 15) is 14.4 Å². The molecule has 3 aliphatic rings. The second-order valence-corrected chi connectivity index (χ2v) is 7.12. The summed E-state index contributed by atoms with van der Waals surface area (Å²) in [6.45, 7) is 1.99. The number of benzene rings is 1. The van der Waals surface area contributed by atoms with Gasteiger partial charge < -0.3 is 14.4 Å². The van der Waals surface area contributed by atoms with Crippen molar-refractivity contribution in [2.24, 2.45) is 0 Å². The van der Waals surface area contributed by atoms with Gasteiger partial charge in [0.1, 0.15) is 5.70 Å². The summed E-state index contributed by atoms with van der Waals surface area (Å²) in [4.78, 5) is 38.7. The van der Waals surface area contributed by atoms with Gasteiger partial charge in [-0.1, -0.05) is 25.1 Å². The summed E-state index contributed by atoms with van der Waals surface area (Å²) in [5.74, 6) is -0.384. The van der Waals surface area contributed by atoms with Gasteiger partial charge in [0.2, 0.25) is 5.91 Å². The van der Waals surface area contributed by atoms with Gasteiger partial charge in [0.05, 0.1) is 11.6 Å². The molecule has 1 aromatic rings. The number of rotatable bonds is 4. The van der Waals surface area contributed by atoms with Crippen LogP contribution in [0.4, 0.5) is 0 Å². The minimum absolute atomic E-state index is 0.0625. The third-order valence-electron chi connectivity index (χ3n) is 4.34. The van der Waals surface area contributed by atoms with E-state index in [2.05, 4.69) is 0 Å². The average Bonchev–Trinajstić information content (AvgIpc) is 3.03. The molecule has 2 unspecified atom stereocenters. The maximum absolute atomic E-state index is 12.7. The molecule has 24 heavy (non-hydrogen) atoms. The van der Waals surface area contributed by atoms with E-state index in [1.165, 1.54) is 4.90 Å². The molecular formula is C17H15NO5S. The molecule has 4 rings (SSSR count). The summed E-state index contributed by atoms with van der Waals surface area (Å²) < 4.78 is 10.6. The van der Waals surface area contributed by atoms with Gasteiger partial charge in [-0.3, -0.25) is 4.79 Å². The van der Waals surface area contributed by atoms with Crippen LogP contribution in [0.1, 0.15) is 42.0 Å². The molecule has 0 aliphatic carbocycles. The number of hydrogen-bond acceptors (Lipinski definition) is 6. The molecule has 1 saturated heterocycles. The summed E-state index contributed by atoms with van der Waals surface area (Å²) >= 11 is 1.55. The van der Waals surface area contributed by atoms with Crippen molar-refractivity contribution < 1.29 is 23.9 Å². The normalized spacial score (nSPS) is 24.5. The second kappa shape index (κ2) is 5.66. The van der Waals surface area contributed by atoms with E-state index >= 15 is 0 Å². The highest BCUT2D eigenvalue weighted by atomic mass is 32.2. The number of amides is 1. The quantitative estimate of drug-likeness (QED) is 0.616. The molecule has 1 fully saturated rings. The SMILES string of the molecule is CCSC1=C(C(=O)OC2OC(=O)c3ccccc32)N2C(=O)CC2C1. The third kappa shape index (κ3) is 2.23. The fourth-order valence-corrected chi connectivity index (χ4v) is 4.24. The Bertz CT molecular complexity index is 787. The molecule has 1 amide bonds. The number of fused-ring (bicyclic) bond motifs is 2. The van der Waals surface area contributed by atoms with Crippen molar-refractivity contribution >= 4 is 29.6 Å². The molecule has 1 aromatic carbocycles. The molecule has 0 saturated carbocycles. The first kappa shape index (κ1) is 15.3. The number of esters is 2. The van der Waals surface area contributed by atoms with Gasteiger partial charge in [0, 0.05) is 23.3 Å². The molecular weight excluding hydrogens is 330 g/mol. The topological polar surface area (TPSA) is 72.9 Å². The highest BCUT2D eigenvalue weighted by Gasteiger charge is 2.48. The zero-order chi connectivity index (χ0) is 16.8. The van der Waals surface area contributed by atoms with Crippen molar-refractivity contribution in [1.82, 2.24) is 4.90 Å². The third-order valence-corrected chi connectivity index (χ3v) is 5.34. The van der Waals surface area contributed by atoms with E-state index in [1.807, 2.05) is 6.92 Å². The van der Waals surface area contributed by atoms with Crippen LogP contribution in [0.3, 0.4) is 0 Å². The first-order valence-electron chi connectivity index (χ1n) is 7.79. The Morgan fingerprint density at radius 3 is 2.88 bits per heavy atom. The Kier molecular flexibility index (Phi) is 3.60. The summed E-state index contributed by atoms with van der Waals surface area (Å²) in [6.07, 6.45) is 0.0960. The van der Waals surface area contributed by atoms with Crippen LogP contribution in [-0.2, 0) is 19.1 Å². The first-order chi connectivity index (χ1) is 11.6. The molecule has 0 N–H and O–H groups in total. The molecule has 3 heterocycles. The lowest BCUT2D eigenvalue weighted by atomic mass is 10.0. The monoisotopic (exact) mass is 345 g/mol. The fraction of sp³-hybridized carbons (Fsp3) is 0.353. The minimum atomic E-state index is -1.06. The van der Waals surface area contributed by atoms with Crippen LogP contribution in [0.25, 0.3) is 0 Å². The van der Waals surface area contributed by atoms with Crippen LogP contribution in [0.2, 0.25) is 0 Å². The number of nitrogens with zero attached hydrogens (tertiary/aromatic N) is 1. The Hall–Kier alpha value is -2.28. The highest BCUT2D eigenvalue weighted by Crippen LogP contribution is 2.44. The van der Waals surface area contributed by atoms with Gasteiger partial charge in [-0.2, -0.15) is 0 Å². The van der Waals surface area contributed by atoms with Crippen molar-refractivity contribution in [3.05, 3.63) is 46.0 Å². The predicted molar refractivity (Wildman–Crippen MR) is 85.7 cm³/mol. The van der Waals surface area contributed by atoms with E-state index < -0.39 is 18.2 Å². The molecule has 124 valence electrons. The molecule has 6 nitrogen and oxygen atoms in total. The van der Waals surface area contributed by atoms with Crippen LogP contribution in [0.5, 0.6) is 0 Å². The van der Waals surface area contributed by atoms with Gasteiger partial charge in [-0.15, -0.1) is 11.8 Å². The Morgan fingerprint density at radius 1 is 1.33 bits per heavy atom. The molecule has 0 spiro atoms. The molecule has 3 aliphatic heterocycles.